The summed E-state index contributed by atoms with van der Waals surface area (Å²) in [5.41, 5.74) is 17.5. The second-order valence-electron chi connectivity index (χ2n) is 18.7. The largest absolute Gasteiger partial charge is 0.309 e. The first kappa shape index (κ1) is 41.2. The molecule has 1 nitrogen and oxygen atoms in total. The van der Waals surface area contributed by atoms with E-state index in [0.29, 0.717) is 0 Å². The van der Waals surface area contributed by atoms with E-state index in [4.69, 9.17) is 0 Å². The molecule has 1 aliphatic carbocycles. The van der Waals surface area contributed by atoms with Crippen LogP contribution < -0.4 is 4.90 Å². The first-order valence-corrected chi connectivity index (χ1v) is 25.3. The highest BCUT2D eigenvalue weighted by atomic mass is 32.1. The van der Waals surface area contributed by atoms with Gasteiger partial charge in [-0.15, -0.1) is 11.3 Å². The third-order valence-corrected chi connectivity index (χ3v) is 16.1. The molecular weight excluding hydrogens is 875 g/mol. The van der Waals surface area contributed by atoms with Gasteiger partial charge in [0.05, 0.1) is 11.1 Å². The molecule has 71 heavy (non-hydrogen) atoms. The molecule has 0 fully saturated rings. The Morgan fingerprint density at radius 3 is 1.42 bits per heavy atom. The van der Waals surface area contributed by atoms with Crippen LogP contribution in [-0.4, -0.2) is 0 Å². The minimum Gasteiger partial charge on any atom is -0.309 e. The van der Waals surface area contributed by atoms with Gasteiger partial charge in [-0.25, -0.2) is 0 Å². The number of anilines is 3. The molecule has 0 N–H and O–H groups in total. The number of hydrogen-bond donors (Lipinski definition) is 0. The van der Waals surface area contributed by atoms with E-state index in [0.717, 1.165) is 17.1 Å². The van der Waals surface area contributed by atoms with E-state index in [9.17, 15) is 0 Å². The smallest absolute Gasteiger partial charge is 0.0714 e. The quantitative estimate of drug-likeness (QED) is 0.137. The topological polar surface area (TPSA) is 3.24 Å². The zero-order valence-electron chi connectivity index (χ0n) is 38.8. The summed E-state index contributed by atoms with van der Waals surface area (Å²) in [6.45, 7) is 0. The lowest BCUT2D eigenvalue weighted by Gasteiger charge is -2.35. The summed E-state index contributed by atoms with van der Waals surface area (Å²) < 4.78 is 2.60. The van der Waals surface area contributed by atoms with Gasteiger partial charge in [-0.05, 0) is 120 Å². The Balaban J connectivity index is 1.06. The fraction of sp³-hybridized carbons (Fsp3) is 0.0145. The van der Waals surface area contributed by atoms with Crippen molar-refractivity contribution in [3.63, 3.8) is 0 Å². The van der Waals surface area contributed by atoms with E-state index in [2.05, 4.69) is 278 Å². The van der Waals surface area contributed by atoms with Crippen LogP contribution in [0.15, 0.2) is 273 Å². The highest BCUT2D eigenvalue weighted by molar-refractivity contribution is 7.25. The monoisotopic (exact) mass is 919 g/mol. The van der Waals surface area contributed by atoms with Crippen LogP contribution >= 0.6 is 11.3 Å². The number of benzene rings is 12. The summed E-state index contributed by atoms with van der Waals surface area (Å²) in [4.78, 5) is 2.56. The summed E-state index contributed by atoms with van der Waals surface area (Å²) in [7, 11) is 0. The van der Waals surface area contributed by atoms with E-state index < -0.39 is 5.41 Å². The number of rotatable bonds is 8. The van der Waals surface area contributed by atoms with Crippen molar-refractivity contribution in [2.45, 2.75) is 5.41 Å². The van der Waals surface area contributed by atoms with Crippen molar-refractivity contribution >= 4 is 70.1 Å². The van der Waals surface area contributed by atoms with Crippen LogP contribution in [0.3, 0.4) is 0 Å². The fourth-order valence-electron chi connectivity index (χ4n) is 11.8. The fourth-order valence-corrected chi connectivity index (χ4v) is 12.9. The average molecular weight is 920 g/mol. The SMILES string of the molecule is c1ccc(-c2ccc(-c3ccc(N(c4ccc5c(c4)C(c4ccccc4)(c4ccccc4)c4ccccc4-5)c4c(-c5ccc6sc7ccccc7c6c5)c5ccccc5c5ccccc45)cc3)cc2)cc1. The molecule has 1 aromatic heterocycles. The van der Waals surface area contributed by atoms with Crippen molar-refractivity contribution in [2.24, 2.45) is 0 Å². The molecule has 0 unspecified atom stereocenters. The summed E-state index contributed by atoms with van der Waals surface area (Å²) in [6, 6.07) is 101. The Bertz CT molecular complexity index is 4100. The first-order valence-electron chi connectivity index (χ1n) is 24.5. The number of hydrogen-bond acceptors (Lipinski definition) is 2. The van der Waals surface area contributed by atoms with Gasteiger partial charge in [-0.3, -0.25) is 0 Å². The third-order valence-electron chi connectivity index (χ3n) is 14.9. The second-order valence-corrected chi connectivity index (χ2v) is 19.8. The third kappa shape index (κ3) is 6.53. The molecule has 0 saturated heterocycles. The molecule has 0 aliphatic heterocycles. The first-order chi connectivity index (χ1) is 35.2. The predicted molar refractivity (Wildman–Crippen MR) is 303 cm³/mol. The van der Waals surface area contributed by atoms with Gasteiger partial charge in [0.2, 0.25) is 0 Å². The summed E-state index contributed by atoms with van der Waals surface area (Å²) in [5.74, 6) is 0. The van der Waals surface area contributed by atoms with Crippen LogP contribution in [0.4, 0.5) is 17.1 Å². The molecule has 332 valence electrons. The van der Waals surface area contributed by atoms with Gasteiger partial charge in [-0.2, -0.15) is 0 Å². The Kier molecular flexibility index (Phi) is 9.69. The summed E-state index contributed by atoms with van der Waals surface area (Å²) in [5, 5.41) is 7.45. The molecule has 1 heterocycles. The van der Waals surface area contributed by atoms with E-state index in [1.54, 1.807) is 0 Å². The van der Waals surface area contributed by atoms with Gasteiger partial charge in [0.15, 0.2) is 0 Å². The second kappa shape index (κ2) is 16.7. The van der Waals surface area contributed by atoms with E-state index in [1.165, 1.54) is 108 Å². The molecule has 14 rings (SSSR count). The molecule has 0 radical (unpaired) electrons. The molecule has 0 atom stereocenters. The summed E-state index contributed by atoms with van der Waals surface area (Å²) >= 11 is 1.87. The number of fused-ring (bicyclic) bond motifs is 9. The van der Waals surface area contributed by atoms with E-state index in [1.807, 2.05) is 11.3 Å². The van der Waals surface area contributed by atoms with Crippen molar-refractivity contribution in [3.8, 4) is 44.5 Å². The van der Waals surface area contributed by atoms with Crippen LogP contribution in [0.25, 0.3) is 86.2 Å². The lowest BCUT2D eigenvalue weighted by Crippen LogP contribution is -2.28. The van der Waals surface area contributed by atoms with Gasteiger partial charge >= 0.3 is 0 Å². The molecule has 0 bridgehead atoms. The zero-order chi connectivity index (χ0) is 46.9. The lowest BCUT2D eigenvalue weighted by atomic mass is 9.67. The Morgan fingerprint density at radius 2 is 0.746 bits per heavy atom. The maximum atomic E-state index is 2.56. The van der Waals surface area contributed by atoms with Crippen LogP contribution in [0.2, 0.25) is 0 Å². The Morgan fingerprint density at radius 1 is 0.282 bits per heavy atom. The van der Waals surface area contributed by atoms with Crippen LogP contribution in [0.1, 0.15) is 22.3 Å². The maximum Gasteiger partial charge on any atom is 0.0714 e. The highest BCUT2D eigenvalue weighted by Gasteiger charge is 2.46. The van der Waals surface area contributed by atoms with Gasteiger partial charge in [-0.1, -0.05) is 231 Å². The van der Waals surface area contributed by atoms with Gasteiger partial charge < -0.3 is 4.90 Å². The lowest BCUT2D eigenvalue weighted by molar-refractivity contribution is 0.768. The molecule has 2 heteroatoms. The van der Waals surface area contributed by atoms with Crippen LogP contribution in [0, 0.1) is 0 Å². The normalized spacial score (nSPS) is 12.6. The molecule has 1 aliphatic rings. The number of thiophene rings is 1. The minimum absolute atomic E-state index is 0.564. The molecule has 12 aromatic carbocycles. The Labute approximate surface area is 417 Å². The van der Waals surface area contributed by atoms with Crippen molar-refractivity contribution < 1.29 is 0 Å². The molecule has 13 aromatic rings. The summed E-state index contributed by atoms with van der Waals surface area (Å²) in [6.07, 6.45) is 0. The molecule has 0 spiro atoms. The Hall–Kier alpha value is -8.82. The van der Waals surface area contributed by atoms with Crippen molar-refractivity contribution in [1.82, 2.24) is 0 Å². The van der Waals surface area contributed by atoms with E-state index in [-0.39, 0.29) is 0 Å². The van der Waals surface area contributed by atoms with Crippen LogP contribution in [-0.2, 0) is 5.41 Å². The highest BCUT2D eigenvalue weighted by Crippen LogP contribution is 2.58. The zero-order valence-corrected chi connectivity index (χ0v) is 39.7. The van der Waals surface area contributed by atoms with Crippen LogP contribution in [0.5, 0.6) is 0 Å². The molecular formula is C69H45NS. The molecule has 0 saturated carbocycles. The van der Waals surface area contributed by atoms with E-state index >= 15 is 0 Å². The standard InChI is InChI=1S/C69H45NS/c1-4-18-46(19-5-1)47-32-34-48(35-33-47)49-36-39-53(40-37-49)70(54-41-42-58-57-26-14-16-30-63(57)69(64(58)45-54,51-20-6-2-7-21-51)52-22-8-3-9-23-52)68-61-29-13-11-25-56(61)55-24-10-12-28-60(55)67(68)50-38-43-66-62(44-50)59-27-15-17-31-65(59)71-66/h1-45H. The van der Waals surface area contributed by atoms with Crippen molar-refractivity contribution in [2.75, 3.05) is 4.90 Å². The van der Waals surface area contributed by atoms with Gasteiger partial charge in [0.1, 0.15) is 0 Å². The average Bonchev–Trinajstić information content (AvgIpc) is 3.97. The van der Waals surface area contributed by atoms with Crippen molar-refractivity contribution in [3.05, 3.63) is 295 Å². The van der Waals surface area contributed by atoms with Gasteiger partial charge in [0.25, 0.3) is 0 Å². The molecule has 0 amide bonds. The maximum absolute atomic E-state index is 2.56. The predicted octanol–water partition coefficient (Wildman–Crippen LogP) is 19.2. The van der Waals surface area contributed by atoms with Gasteiger partial charge in [0, 0.05) is 42.5 Å². The number of nitrogens with zero attached hydrogens (tertiary/aromatic N) is 1. The minimum atomic E-state index is -0.564. The van der Waals surface area contributed by atoms with Crippen molar-refractivity contribution in [1.29, 1.82) is 0 Å².